The summed E-state index contributed by atoms with van der Waals surface area (Å²) in [5, 5.41) is 9.30. The number of thioether (sulfide) groups is 1. The van der Waals surface area contributed by atoms with Gasteiger partial charge in [0.1, 0.15) is 17.3 Å². The van der Waals surface area contributed by atoms with Crippen molar-refractivity contribution in [2.75, 3.05) is 11.4 Å². The normalized spacial score (nSPS) is 18.0. The number of aliphatic hydroxyl groups excluding tert-OH is 1. The number of benzene rings is 1. The number of hydrogen-bond acceptors (Lipinski definition) is 4. The van der Waals surface area contributed by atoms with Gasteiger partial charge in [-0.1, -0.05) is 17.8 Å². The smallest absolute Gasteiger partial charge is 0.240 e. The number of halogens is 2. The summed E-state index contributed by atoms with van der Waals surface area (Å²) >= 11 is 1.24. The molecule has 5 nitrogen and oxygen atoms in total. The number of carbonyl (C=O) groups is 1. The van der Waals surface area contributed by atoms with Gasteiger partial charge in [0.05, 0.1) is 23.7 Å². The largest absolute Gasteiger partial charge is 0.390 e. The third-order valence-corrected chi connectivity index (χ3v) is 5.13. The standard InChI is InChI=1S/C15H15F2N3O2S/c1-19-9(8-21)7-18-15(19)23-12-5-6-20(14(12)22)13-10(16)3-2-4-11(13)17/h2-4,7,12,21H,5-6,8H2,1H3. The predicted molar refractivity (Wildman–Crippen MR) is 82.1 cm³/mol. The minimum atomic E-state index is -0.747. The van der Waals surface area contributed by atoms with Crippen molar-refractivity contribution in [1.82, 2.24) is 9.55 Å². The maximum absolute atomic E-state index is 13.9. The highest BCUT2D eigenvalue weighted by atomic mass is 32.2. The van der Waals surface area contributed by atoms with Gasteiger partial charge in [0.2, 0.25) is 5.91 Å². The first-order valence-electron chi connectivity index (χ1n) is 7.06. The van der Waals surface area contributed by atoms with Gasteiger partial charge in [-0.2, -0.15) is 0 Å². The van der Waals surface area contributed by atoms with Crippen molar-refractivity contribution < 1.29 is 18.7 Å². The molecule has 1 fully saturated rings. The molecule has 0 radical (unpaired) electrons. The average molecular weight is 339 g/mol. The second kappa shape index (κ2) is 6.29. The molecule has 8 heteroatoms. The van der Waals surface area contributed by atoms with Crippen molar-refractivity contribution in [1.29, 1.82) is 0 Å². The fourth-order valence-electron chi connectivity index (χ4n) is 2.54. The van der Waals surface area contributed by atoms with Gasteiger partial charge < -0.3 is 14.6 Å². The summed E-state index contributed by atoms with van der Waals surface area (Å²) in [6, 6.07) is 3.54. The number of hydrogen-bond donors (Lipinski definition) is 1. The Balaban J connectivity index is 1.80. The Labute approximate surface area is 135 Å². The van der Waals surface area contributed by atoms with Crippen LogP contribution in [0.25, 0.3) is 0 Å². The molecular formula is C15H15F2N3O2S. The van der Waals surface area contributed by atoms with Crippen molar-refractivity contribution in [2.24, 2.45) is 7.05 Å². The lowest BCUT2D eigenvalue weighted by molar-refractivity contribution is -0.116. The van der Waals surface area contributed by atoms with Gasteiger partial charge in [-0.25, -0.2) is 13.8 Å². The lowest BCUT2D eigenvalue weighted by Gasteiger charge is -2.18. The minimum absolute atomic E-state index is 0.144. The van der Waals surface area contributed by atoms with E-state index in [1.165, 1.54) is 24.0 Å². The second-order valence-corrected chi connectivity index (χ2v) is 6.37. The number of aliphatic hydroxyl groups is 1. The van der Waals surface area contributed by atoms with Crippen LogP contribution < -0.4 is 4.90 Å². The summed E-state index contributed by atoms with van der Waals surface area (Å²) in [6.45, 7) is 0.112. The molecule has 1 aromatic heterocycles. The van der Waals surface area contributed by atoms with Crippen LogP contribution >= 0.6 is 11.8 Å². The number of carbonyl (C=O) groups excluding carboxylic acids is 1. The van der Waals surface area contributed by atoms with Crippen molar-refractivity contribution in [3.8, 4) is 0 Å². The molecule has 23 heavy (non-hydrogen) atoms. The first-order chi connectivity index (χ1) is 11.0. The molecule has 1 aliphatic heterocycles. The van der Waals surface area contributed by atoms with Crippen LogP contribution in [-0.4, -0.2) is 32.4 Å². The molecule has 122 valence electrons. The van der Waals surface area contributed by atoms with Crippen molar-refractivity contribution in [2.45, 2.75) is 23.4 Å². The molecule has 1 N–H and O–H groups in total. The maximum Gasteiger partial charge on any atom is 0.240 e. The van der Waals surface area contributed by atoms with Crippen molar-refractivity contribution in [3.05, 3.63) is 41.7 Å². The topological polar surface area (TPSA) is 58.4 Å². The number of nitrogens with zero attached hydrogens (tertiary/aromatic N) is 3. The highest BCUT2D eigenvalue weighted by Crippen LogP contribution is 2.34. The number of amides is 1. The van der Waals surface area contributed by atoms with E-state index in [9.17, 15) is 13.6 Å². The molecule has 1 amide bonds. The quantitative estimate of drug-likeness (QED) is 0.927. The number of anilines is 1. The molecule has 0 saturated carbocycles. The summed E-state index contributed by atoms with van der Waals surface area (Å²) in [4.78, 5) is 17.8. The Morgan fingerprint density at radius 1 is 1.39 bits per heavy atom. The Kier molecular flexibility index (Phi) is 4.36. The average Bonchev–Trinajstić information content (AvgIpc) is 3.05. The zero-order chi connectivity index (χ0) is 16.6. The van der Waals surface area contributed by atoms with E-state index in [0.29, 0.717) is 17.3 Å². The second-order valence-electron chi connectivity index (χ2n) is 5.20. The van der Waals surface area contributed by atoms with Gasteiger partial charge in [-0.05, 0) is 18.6 Å². The molecular weight excluding hydrogens is 324 g/mol. The molecule has 0 aliphatic carbocycles. The Hall–Kier alpha value is -1.93. The van der Waals surface area contributed by atoms with Gasteiger partial charge in [0.15, 0.2) is 5.16 Å². The van der Waals surface area contributed by atoms with E-state index in [-0.39, 0.29) is 24.7 Å². The van der Waals surface area contributed by atoms with Crippen LogP contribution in [0.3, 0.4) is 0 Å². The number of rotatable bonds is 4. The molecule has 1 unspecified atom stereocenters. The zero-order valence-corrected chi connectivity index (χ0v) is 13.2. The summed E-state index contributed by atoms with van der Waals surface area (Å²) in [5.41, 5.74) is 0.339. The highest BCUT2D eigenvalue weighted by molar-refractivity contribution is 8.00. The Bertz CT molecular complexity index is 730. The van der Waals surface area contributed by atoms with Crippen LogP contribution in [0.5, 0.6) is 0 Å². The summed E-state index contributed by atoms with van der Waals surface area (Å²) in [5.74, 6) is -1.83. The molecule has 1 saturated heterocycles. The van der Waals surface area contributed by atoms with E-state index < -0.39 is 16.9 Å². The minimum Gasteiger partial charge on any atom is -0.390 e. The van der Waals surface area contributed by atoms with Crippen LogP contribution in [-0.2, 0) is 18.4 Å². The van der Waals surface area contributed by atoms with Gasteiger partial charge in [-0.3, -0.25) is 4.79 Å². The lowest BCUT2D eigenvalue weighted by Crippen LogP contribution is -2.29. The van der Waals surface area contributed by atoms with E-state index in [1.807, 2.05) is 0 Å². The fourth-order valence-corrected chi connectivity index (χ4v) is 3.64. The molecule has 3 rings (SSSR count). The van der Waals surface area contributed by atoms with Gasteiger partial charge in [-0.15, -0.1) is 0 Å². The summed E-state index contributed by atoms with van der Waals surface area (Å²) in [7, 11) is 1.74. The zero-order valence-electron chi connectivity index (χ0n) is 12.4. The molecule has 1 atom stereocenters. The first kappa shape index (κ1) is 15.9. The number of aromatic nitrogens is 2. The fraction of sp³-hybridized carbons (Fsp3) is 0.333. The van der Waals surface area contributed by atoms with Gasteiger partial charge >= 0.3 is 0 Å². The summed E-state index contributed by atoms with van der Waals surface area (Å²) in [6.07, 6.45) is 2.01. The van der Waals surface area contributed by atoms with Crippen LogP contribution in [0.15, 0.2) is 29.6 Å². The maximum atomic E-state index is 13.9. The third kappa shape index (κ3) is 2.84. The van der Waals surface area contributed by atoms with E-state index >= 15 is 0 Å². The number of para-hydroxylation sites is 1. The van der Waals surface area contributed by atoms with Gasteiger partial charge in [0.25, 0.3) is 0 Å². The van der Waals surface area contributed by atoms with Gasteiger partial charge in [0, 0.05) is 13.6 Å². The lowest BCUT2D eigenvalue weighted by atomic mass is 10.2. The monoisotopic (exact) mass is 339 g/mol. The third-order valence-electron chi connectivity index (χ3n) is 3.82. The SMILES string of the molecule is Cn1c(CO)cnc1SC1CCN(c2c(F)cccc2F)C1=O. The predicted octanol–water partition coefficient (Wildman–Crippen LogP) is 2.09. The van der Waals surface area contributed by atoms with Crippen molar-refractivity contribution in [3.63, 3.8) is 0 Å². The van der Waals surface area contributed by atoms with E-state index in [1.54, 1.807) is 11.6 Å². The molecule has 1 aromatic carbocycles. The molecule has 2 heterocycles. The molecule has 2 aromatic rings. The van der Waals surface area contributed by atoms with Crippen LogP contribution in [0.1, 0.15) is 12.1 Å². The Morgan fingerprint density at radius 2 is 2.09 bits per heavy atom. The van der Waals surface area contributed by atoms with Crippen LogP contribution in [0, 0.1) is 11.6 Å². The molecule has 0 bridgehead atoms. The van der Waals surface area contributed by atoms with E-state index in [2.05, 4.69) is 4.98 Å². The van der Waals surface area contributed by atoms with Crippen molar-refractivity contribution >= 4 is 23.4 Å². The van der Waals surface area contributed by atoms with Crippen LogP contribution in [0.2, 0.25) is 0 Å². The number of imidazole rings is 1. The molecule has 0 spiro atoms. The van der Waals surface area contributed by atoms with E-state index in [4.69, 9.17) is 5.11 Å². The van der Waals surface area contributed by atoms with E-state index in [0.717, 1.165) is 17.0 Å². The highest BCUT2D eigenvalue weighted by Gasteiger charge is 2.36. The first-order valence-corrected chi connectivity index (χ1v) is 7.94. The Morgan fingerprint density at radius 3 is 2.70 bits per heavy atom. The molecule has 1 aliphatic rings. The van der Waals surface area contributed by atoms with Crippen LogP contribution in [0.4, 0.5) is 14.5 Å². The summed E-state index contributed by atoms with van der Waals surface area (Å²) < 4.78 is 29.4.